The number of carbonyl (C=O) groups is 2. The SMILES string of the molecule is CC(OC(=O)CCn1cnc2ccccc2c1=O)C(=O)NCCC1=CCCCC1. The first kappa shape index (κ1) is 20.8. The molecule has 29 heavy (non-hydrogen) atoms. The molecule has 1 N–H and O–H groups in total. The number of fused-ring (bicyclic) bond motifs is 1. The summed E-state index contributed by atoms with van der Waals surface area (Å²) in [5.41, 5.74) is 1.80. The minimum absolute atomic E-state index is 0.00949. The van der Waals surface area contributed by atoms with Crippen LogP contribution in [0.5, 0.6) is 0 Å². The van der Waals surface area contributed by atoms with Crippen molar-refractivity contribution in [1.29, 1.82) is 0 Å². The van der Waals surface area contributed by atoms with Crippen LogP contribution in [-0.4, -0.2) is 34.1 Å². The minimum Gasteiger partial charge on any atom is -0.452 e. The van der Waals surface area contributed by atoms with Crippen LogP contribution in [0.25, 0.3) is 10.9 Å². The van der Waals surface area contributed by atoms with E-state index in [1.165, 1.54) is 29.3 Å². The second kappa shape index (κ2) is 10.0. The van der Waals surface area contributed by atoms with Crippen molar-refractivity contribution >= 4 is 22.8 Å². The number of rotatable bonds is 8. The van der Waals surface area contributed by atoms with Gasteiger partial charge in [-0.05, 0) is 51.2 Å². The van der Waals surface area contributed by atoms with Gasteiger partial charge in [0, 0.05) is 13.1 Å². The molecule has 0 bridgehead atoms. The molecule has 154 valence electrons. The summed E-state index contributed by atoms with van der Waals surface area (Å²) in [6.07, 6.45) is 8.31. The molecule has 1 aliphatic rings. The highest BCUT2D eigenvalue weighted by atomic mass is 16.5. The van der Waals surface area contributed by atoms with Crippen LogP contribution < -0.4 is 10.9 Å². The van der Waals surface area contributed by atoms with E-state index in [1.807, 2.05) is 6.07 Å². The predicted octanol–water partition coefficient (Wildman–Crippen LogP) is 2.73. The number of para-hydroxylation sites is 1. The van der Waals surface area contributed by atoms with Crippen LogP contribution in [0.2, 0.25) is 0 Å². The highest BCUT2D eigenvalue weighted by Gasteiger charge is 2.18. The third-order valence-electron chi connectivity index (χ3n) is 5.10. The first-order chi connectivity index (χ1) is 14.0. The number of nitrogens with zero attached hydrogens (tertiary/aromatic N) is 2. The van der Waals surface area contributed by atoms with Crippen LogP contribution in [0.1, 0.15) is 45.4 Å². The molecule has 0 saturated carbocycles. The highest BCUT2D eigenvalue weighted by molar-refractivity contribution is 5.83. The van der Waals surface area contributed by atoms with Gasteiger partial charge in [-0.15, -0.1) is 0 Å². The zero-order valence-corrected chi connectivity index (χ0v) is 16.7. The molecule has 7 heteroatoms. The predicted molar refractivity (Wildman–Crippen MR) is 110 cm³/mol. The lowest BCUT2D eigenvalue weighted by Gasteiger charge is -2.16. The second-order valence-corrected chi connectivity index (χ2v) is 7.29. The summed E-state index contributed by atoms with van der Waals surface area (Å²) < 4.78 is 6.58. The Labute approximate surface area is 169 Å². The smallest absolute Gasteiger partial charge is 0.308 e. The van der Waals surface area contributed by atoms with Crippen molar-refractivity contribution in [2.75, 3.05) is 6.54 Å². The molecular formula is C22H27N3O4. The maximum absolute atomic E-state index is 12.4. The van der Waals surface area contributed by atoms with Crippen LogP contribution in [-0.2, 0) is 20.9 Å². The lowest BCUT2D eigenvalue weighted by Crippen LogP contribution is -2.36. The number of hydrogen-bond donors (Lipinski definition) is 1. The normalized spacial score (nSPS) is 14.9. The molecule has 3 rings (SSSR count). The molecule has 1 aromatic carbocycles. The molecule has 1 aliphatic carbocycles. The Bertz CT molecular complexity index is 964. The summed E-state index contributed by atoms with van der Waals surface area (Å²) in [6, 6.07) is 7.06. The van der Waals surface area contributed by atoms with E-state index in [2.05, 4.69) is 16.4 Å². The fraction of sp³-hybridized carbons (Fsp3) is 0.455. The molecule has 0 fully saturated rings. The molecular weight excluding hydrogens is 370 g/mol. The van der Waals surface area contributed by atoms with Crippen molar-refractivity contribution in [2.45, 2.75) is 58.1 Å². The summed E-state index contributed by atoms with van der Waals surface area (Å²) in [5, 5.41) is 3.32. The molecule has 1 aromatic heterocycles. The van der Waals surface area contributed by atoms with Crippen molar-refractivity contribution in [2.24, 2.45) is 0 Å². The van der Waals surface area contributed by atoms with E-state index in [-0.39, 0.29) is 24.4 Å². The number of amides is 1. The van der Waals surface area contributed by atoms with E-state index in [9.17, 15) is 14.4 Å². The number of aromatic nitrogens is 2. The fourth-order valence-corrected chi connectivity index (χ4v) is 3.41. The first-order valence-electron chi connectivity index (χ1n) is 10.1. The van der Waals surface area contributed by atoms with E-state index in [0.29, 0.717) is 17.4 Å². The number of aryl methyl sites for hydroxylation is 1. The number of esters is 1. The summed E-state index contributed by atoms with van der Waals surface area (Å²) in [4.78, 5) is 40.8. The van der Waals surface area contributed by atoms with Crippen molar-refractivity contribution in [3.05, 3.63) is 52.6 Å². The van der Waals surface area contributed by atoms with Gasteiger partial charge in [-0.2, -0.15) is 0 Å². The monoisotopic (exact) mass is 397 g/mol. The van der Waals surface area contributed by atoms with Crippen LogP contribution in [0.4, 0.5) is 0 Å². The summed E-state index contributed by atoms with van der Waals surface area (Å²) in [6.45, 7) is 2.25. The highest BCUT2D eigenvalue weighted by Crippen LogP contribution is 2.19. The lowest BCUT2D eigenvalue weighted by molar-refractivity contribution is -0.155. The molecule has 1 heterocycles. The molecule has 0 saturated heterocycles. The third kappa shape index (κ3) is 5.76. The van der Waals surface area contributed by atoms with Gasteiger partial charge >= 0.3 is 5.97 Å². The van der Waals surface area contributed by atoms with Gasteiger partial charge in [-0.25, -0.2) is 4.98 Å². The second-order valence-electron chi connectivity index (χ2n) is 7.29. The van der Waals surface area contributed by atoms with E-state index in [0.717, 1.165) is 19.3 Å². The Balaban J connectivity index is 1.44. The Hall–Kier alpha value is -2.96. The summed E-state index contributed by atoms with van der Waals surface area (Å²) in [7, 11) is 0. The largest absolute Gasteiger partial charge is 0.452 e. The van der Waals surface area contributed by atoms with Gasteiger partial charge in [0.2, 0.25) is 0 Å². The number of benzene rings is 1. The van der Waals surface area contributed by atoms with Gasteiger partial charge in [-0.1, -0.05) is 23.8 Å². The third-order valence-corrected chi connectivity index (χ3v) is 5.10. The molecule has 7 nitrogen and oxygen atoms in total. The standard InChI is InChI=1S/C22H27N3O4/c1-16(21(27)23-13-11-17-7-3-2-4-8-17)29-20(26)12-14-25-15-24-19-10-6-5-9-18(19)22(25)28/h5-7,9-10,15-16H,2-4,8,11-14H2,1H3,(H,23,27). The number of nitrogens with one attached hydrogen (secondary N) is 1. The van der Waals surface area contributed by atoms with Gasteiger partial charge < -0.3 is 10.1 Å². The van der Waals surface area contributed by atoms with Gasteiger partial charge in [0.1, 0.15) is 0 Å². The van der Waals surface area contributed by atoms with Crippen molar-refractivity contribution < 1.29 is 14.3 Å². The summed E-state index contributed by atoms with van der Waals surface area (Å²) >= 11 is 0. The Morgan fingerprint density at radius 3 is 2.90 bits per heavy atom. The van der Waals surface area contributed by atoms with Crippen LogP contribution in [0.15, 0.2) is 47.0 Å². The van der Waals surface area contributed by atoms with Crippen molar-refractivity contribution in [1.82, 2.24) is 14.9 Å². The van der Waals surface area contributed by atoms with E-state index in [4.69, 9.17) is 4.74 Å². The average molecular weight is 397 g/mol. The van der Waals surface area contributed by atoms with Crippen LogP contribution in [0.3, 0.4) is 0 Å². The quantitative estimate of drug-likeness (QED) is 0.546. The number of hydrogen-bond acceptors (Lipinski definition) is 5. The Morgan fingerprint density at radius 2 is 2.10 bits per heavy atom. The van der Waals surface area contributed by atoms with Crippen LogP contribution in [0, 0.1) is 0 Å². The molecule has 1 unspecified atom stereocenters. The van der Waals surface area contributed by atoms with Gasteiger partial charge in [0.25, 0.3) is 11.5 Å². The number of allylic oxidation sites excluding steroid dienone is 1. The molecule has 2 aromatic rings. The molecule has 0 radical (unpaired) electrons. The minimum atomic E-state index is -0.866. The number of ether oxygens (including phenoxy) is 1. The van der Waals surface area contributed by atoms with E-state index in [1.54, 1.807) is 25.1 Å². The van der Waals surface area contributed by atoms with E-state index >= 15 is 0 Å². The van der Waals surface area contributed by atoms with Crippen molar-refractivity contribution in [3.63, 3.8) is 0 Å². The Morgan fingerprint density at radius 1 is 1.28 bits per heavy atom. The maximum Gasteiger partial charge on any atom is 0.308 e. The summed E-state index contributed by atoms with van der Waals surface area (Å²) in [5.74, 6) is -0.831. The van der Waals surface area contributed by atoms with E-state index < -0.39 is 12.1 Å². The van der Waals surface area contributed by atoms with Crippen molar-refractivity contribution in [3.8, 4) is 0 Å². The molecule has 0 aliphatic heterocycles. The average Bonchev–Trinajstić information content (AvgIpc) is 2.74. The zero-order valence-electron chi connectivity index (χ0n) is 16.7. The lowest BCUT2D eigenvalue weighted by atomic mass is 9.97. The van der Waals surface area contributed by atoms with Gasteiger partial charge in [0.05, 0.1) is 23.7 Å². The fourth-order valence-electron chi connectivity index (χ4n) is 3.41. The molecule has 0 spiro atoms. The molecule has 1 amide bonds. The number of carbonyl (C=O) groups excluding carboxylic acids is 2. The maximum atomic E-state index is 12.4. The first-order valence-corrected chi connectivity index (χ1v) is 10.1. The Kier molecular flexibility index (Phi) is 7.16. The van der Waals surface area contributed by atoms with Crippen LogP contribution >= 0.6 is 0 Å². The van der Waals surface area contributed by atoms with Gasteiger partial charge in [-0.3, -0.25) is 19.0 Å². The topological polar surface area (TPSA) is 90.3 Å². The molecule has 1 atom stereocenters. The zero-order chi connectivity index (χ0) is 20.6. The van der Waals surface area contributed by atoms with Gasteiger partial charge in [0.15, 0.2) is 6.10 Å².